The Morgan fingerprint density at radius 1 is 0.723 bits per heavy atom. The number of methoxy groups -OCH3 is 2. The molecule has 3 aromatic rings. The van der Waals surface area contributed by atoms with E-state index in [2.05, 4.69) is 42.1 Å². The number of rotatable bonds is 10. The zero-order valence-electron chi connectivity index (χ0n) is 27.9. The van der Waals surface area contributed by atoms with Crippen molar-refractivity contribution in [3.63, 3.8) is 0 Å². The molecule has 0 radical (unpaired) electrons. The van der Waals surface area contributed by atoms with Gasteiger partial charge in [-0.15, -0.1) is 0 Å². The molecule has 0 spiro atoms. The molecular formula is C33H46N10O4. The molecule has 2 aliphatic rings. The molecule has 2 aromatic carbocycles. The number of anilines is 6. The monoisotopic (exact) mass is 646 g/mol. The molecule has 0 bridgehead atoms. The number of amides is 4. The van der Waals surface area contributed by atoms with E-state index >= 15 is 0 Å². The standard InChI is InChI=1S/C33H46N10O4/c1-6-34-32(44)42-16-12-40(13-17-42)24-8-10-26(28(20-24)46-4)37-30-23(3)22-36-31(39-30)38-27-11-9-25(21-29(27)47-5)41-14-18-43(19-15-41)33(45)35-7-2/h8-11,20-22H,6-7,12-19H2,1-5H3,(H,34,44)(H,35,45)(H2,36,37,38,39). The van der Waals surface area contributed by atoms with Gasteiger partial charge in [0.05, 0.1) is 25.6 Å². The number of nitrogens with one attached hydrogen (secondary N) is 4. The van der Waals surface area contributed by atoms with Gasteiger partial charge in [0.25, 0.3) is 0 Å². The van der Waals surface area contributed by atoms with Crippen molar-refractivity contribution < 1.29 is 19.1 Å². The molecule has 2 aliphatic heterocycles. The van der Waals surface area contributed by atoms with Crippen molar-refractivity contribution >= 4 is 46.6 Å². The highest BCUT2D eigenvalue weighted by Gasteiger charge is 2.23. The van der Waals surface area contributed by atoms with Crippen LogP contribution in [0.5, 0.6) is 11.5 Å². The summed E-state index contributed by atoms with van der Waals surface area (Å²) in [5, 5.41) is 12.5. The van der Waals surface area contributed by atoms with Crippen LogP contribution in [-0.4, -0.2) is 111 Å². The van der Waals surface area contributed by atoms with Gasteiger partial charge in [-0.1, -0.05) is 0 Å². The van der Waals surface area contributed by atoms with Crippen LogP contribution in [-0.2, 0) is 0 Å². The topological polar surface area (TPSA) is 139 Å². The maximum Gasteiger partial charge on any atom is 0.317 e. The second-order valence-corrected chi connectivity index (χ2v) is 11.4. The molecule has 47 heavy (non-hydrogen) atoms. The Balaban J connectivity index is 1.24. The molecule has 0 atom stereocenters. The Hall–Kier alpha value is -5.14. The van der Waals surface area contributed by atoms with Crippen LogP contribution in [0, 0.1) is 6.92 Å². The smallest absolute Gasteiger partial charge is 0.317 e. The summed E-state index contributed by atoms with van der Waals surface area (Å²) in [6.45, 7) is 12.6. The van der Waals surface area contributed by atoms with E-state index in [1.165, 1.54) is 0 Å². The Labute approximate surface area is 276 Å². The largest absolute Gasteiger partial charge is 0.494 e. The molecule has 2 saturated heterocycles. The van der Waals surface area contributed by atoms with Crippen LogP contribution in [0.25, 0.3) is 0 Å². The van der Waals surface area contributed by atoms with E-state index in [0.717, 1.165) is 54.5 Å². The number of ether oxygens (including phenoxy) is 2. The van der Waals surface area contributed by atoms with Crippen LogP contribution in [0.4, 0.5) is 44.1 Å². The first kappa shape index (κ1) is 33.2. The van der Waals surface area contributed by atoms with Gasteiger partial charge < -0.3 is 50.3 Å². The number of benzene rings is 2. The minimum absolute atomic E-state index is 0.0154. The maximum absolute atomic E-state index is 12.2. The van der Waals surface area contributed by atoms with Crippen molar-refractivity contribution in [2.45, 2.75) is 20.8 Å². The normalized spacial score (nSPS) is 14.8. The van der Waals surface area contributed by atoms with Crippen molar-refractivity contribution in [1.29, 1.82) is 0 Å². The minimum Gasteiger partial charge on any atom is -0.494 e. The molecule has 3 heterocycles. The molecule has 5 rings (SSSR count). The van der Waals surface area contributed by atoms with Crippen LogP contribution in [0.1, 0.15) is 19.4 Å². The fraction of sp³-hybridized carbons (Fsp3) is 0.455. The maximum atomic E-state index is 12.2. The number of carbonyl (C=O) groups is 2. The van der Waals surface area contributed by atoms with Gasteiger partial charge in [-0.2, -0.15) is 4.98 Å². The lowest BCUT2D eigenvalue weighted by Crippen LogP contribution is -2.51. The molecule has 0 aliphatic carbocycles. The molecule has 4 N–H and O–H groups in total. The Morgan fingerprint density at radius 3 is 1.64 bits per heavy atom. The van der Waals surface area contributed by atoms with E-state index in [9.17, 15) is 9.59 Å². The third-order valence-electron chi connectivity index (χ3n) is 8.36. The predicted molar refractivity (Wildman–Crippen MR) is 185 cm³/mol. The predicted octanol–water partition coefficient (Wildman–Crippen LogP) is 3.99. The number of piperazine rings is 2. The molecule has 1 aromatic heterocycles. The fourth-order valence-electron chi connectivity index (χ4n) is 5.70. The van der Waals surface area contributed by atoms with Gasteiger partial charge >= 0.3 is 12.1 Å². The Kier molecular flexibility index (Phi) is 10.9. The van der Waals surface area contributed by atoms with E-state index < -0.39 is 0 Å². The summed E-state index contributed by atoms with van der Waals surface area (Å²) in [4.78, 5) is 41.8. The fourth-order valence-corrected chi connectivity index (χ4v) is 5.70. The van der Waals surface area contributed by atoms with Crippen LogP contribution in [0.15, 0.2) is 42.6 Å². The van der Waals surface area contributed by atoms with Gasteiger partial charge in [0, 0.05) is 101 Å². The van der Waals surface area contributed by atoms with Gasteiger partial charge in [-0.05, 0) is 45.0 Å². The minimum atomic E-state index is -0.0174. The molecule has 4 amide bonds. The quantitative estimate of drug-likeness (QED) is 0.256. The van der Waals surface area contributed by atoms with E-state index in [4.69, 9.17) is 14.5 Å². The average molecular weight is 647 g/mol. The van der Waals surface area contributed by atoms with Crippen molar-refractivity contribution in [3.8, 4) is 11.5 Å². The summed E-state index contributed by atoms with van der Waals surface area (Å²) in [7, 11) is 3.29. The Morgan fingerprint density at radius 2 is 1.19 bits per heavy atom. The van der Waals surface area contributed by atoms with Gasteiger partial charge in [0.2, 0.25) is 5.95 Å². The van der Waals surface area contributed by atoms with Gasteiger partial charge in [-0.3, -0.25) is 0 Å². The summed E-state index contributed by atoms with van der Waals surface area (Å²) < 4.78 is 11.5. The number of carbonyl (C=O) groups excluding carboxylic acids is 2. The lowest BCUT2D eigenvalue weighted by Gasteiger charge is -2.36. The first-order chi connectivity index (χ1) is 22.8. The number of urea groups is 2. The summed E-state index contributed by atoms with van der Waals surface area (Å²) >= 11 is 0. The number of aryl methyl sites for hydroxylation is 1. The summed E-state index contributed by atoms with van der Waals surface area (Å²) in [6, 6.07) is 12.0. The first-order valence-electron chi connectivity index (χ1n) is 16.1. The van der Waals surface area contributed by atoms with E-state index in [1.807, 2.05) is 60.9 Å². The second-order valence-electron chi connectivity index (χ2n) is 11.4. The molecule has 0 saturated carbocycles. The van der Waals surface area contributed by atoms with Gasteiger partial charge in [0.1, 0.15) is 17.3 Å². The molecular weight excluding hydrogens is 600 g/mol. The van der Waals surface area contributed by atoms with Crippen molar-refractivity contribution in [1.82, 2.24) is 30.4 Å². The van der Waals surface area contributed by atoms with Crippen LogP contribution in [0.3, 0.4) is 0 Å². The zero-order valence-corrected chi connectivity index (χ0v) is 27.9. The summed E-state index contributed by atoms with van der Waals surface area (Å²) in [5.41, 5.74) is 4.44. The highest BCUT2D eigenvalue weighted by atomic mass is 16.5. The van der Waals surface area contributed by atoms with Crippen molar-refractivity contribution in [2.75, 3.05) is 100 Å². The number of nitrogens with zero attached hydrogens (tertiary/aromatic N) is 6. The van der Waals surface area contributed by atoms with Crippen LogP contribution >= 0.6 is 0 Å². The third kappa shape index (κ3) is 7.99. The molecule has 14 heteroatoms. The number of hydrogen-bond acceptors (Lipinski definition) is 10. The Bertz CT molecular complexity index is 1540. The molecule has 252 valence electrons. The van der Waals surface area contributed by atoms with Gasteiger partial charge in [-0.25, -0.2) is 14.6 Å². The number of aromatic nitrogens is 2. The highest BCUT2D eigenvalue weighted by Crippen LogP contribution is 2.35. The summed E-state index contributed by atoms with van der Waals surface area (Å²) in [5.74, 6) is 2.41. The van der Waals surface area contributed by atoms with E-state index in [1.54, 1.807) is 20.4 Å². The molecule has 2 fully saturated rings. The lowest BCUT2D eigenvalue weighted by molar-refractivity contribution is 0.194. The van der Waals surface area contributed by atoms with E-state index in [0.29, 0.717) is 62.5 Å². The average Bonchev–Trinajstić information content (AvgIpc) is 3.10. The molecule has 0 unspecified atom stereocenters. The first-order valence-corrected chi connectivity index (χ1v) is 16.1. The van der Waals surface area contributed by atoms with Crippen molar-refractivity contribution in [3.05, 3.63) is 48.2 Å². The lowest BCUT2D eigenvalue weighted by atomic mass is 10.2. The van der Waals surface area contributed by atoms with E-state index in [-0.39, 0.29) is 12.1 Å². The zero-order chi connectivity index (χ0) is 33.3. The van der Waals surface area contributed by atoms with Gasteiger partial charge in [0.15, 0.2) is 0 Å². The van der Waals surface area contributed by atoms with Crippen LogP contribution < -0.4 is 40.5 Å². The second kappa shape index (κ2) is 15.4. The van der Waals surface area contributed by atoms with Crippen molar-refractivity contribution in [2.24, 2.45) is 0 Å². The SMILES string of the molecule is CCNC(=O)N1CCN(c2ccc(Nc3ncc(C)c(Nc4ccc(N5CCN(C(=O)NCC)CC5)cc4OC)n3)c(OC)c2)CC1. The highest BCUT2D eigenvalue weighted by molar-refractivity contribution is 5.76. The summed E-state index contributed by atoms with van der Waals surface area (Å²) in [6.07, 6.45) is 1.77. The van der Waals surface area contributed by atoms with Crippen LogP contribution in [0.2, 0.25) is 0 Å². The molecule has 14 nitrogen and oxygen atoms in total. The number of hydrogen-bond donors (Lipinski definition) is 4. The third-order valence-corrected chi connectivity index (χ3v) is 8.36.